The lowest BCUT2D eigenvalue weighted by atomic mass is 9.79. The molecule has 0 aromatic heterocycles. The maximum atomic E-state index is 10.5. The maximum Gasteiger partial charge on any atom is 0.0852 e. The van der Waals surface area contributed by atoms with E-state index in [1.54, 1.807) is 0 Å². The first kappa shape index (κ1) is 16.0. The topological polar surface area (TPSA) is 38.7 Å². The molecule has 4 atom stereocenters. The molecule has 2 fully saturated rings. The molecule has 2 aliphatic heterocycles. The van der Waals surface area contributed by atoms with Gasteiger partial charge in [-0.15, -0.1) is 0 Å². The van der Waals surface area contributed by atoms with E-state index >= 15 is 0 Å². The van der Waals surface area contributed by atoms with Crippen LogP contribution in [-0.4, -0.2) is 36.1 Å². The van der Waals surface area contributed by atoms with Gasteiger partial charge in [-0.05, 0) is 37.5 Å². The van der Waals surface area contributed by atoms with Gasteiger partial charge in [-0.25, -0.2) is 0 Å². The highest BCUT2D eigenvalue weighted by atomic mass is 16.5. The summed E-state index contributed by atoms with van der Waals surface area (Å²) in [6.07, 6.45) is 10.7. The van der Waals surface area contributed by atoms with Crippen LogP contribution in [0.5, 0.6) is 0 Å². The molecule has 2 heterocycles. The summed E-state index contributed by atoms with van der Waals surface area (Å²) >= 11 is 0. The molecule has 3 nitrogen and oxygen atoms in total. The van der Waals surface area contributed by atoms with Gasteiger partial charge in [0.25, 0.3) is 0 Å². The number of hydrogen-bond acceptors (Lipinski definition) is 3. The highest BCUT2D eigenvalue weighted by molar-refractivity contribution is 5.00. The second-order valence-corrected chi connectivity index (χ2v) is 6.91. The van der Waals surface area contributed by atoms with Gasteiger partial charge in [0.1, 0.15) is 0 Å². The summed E-state index contributed by atoms with van der Waals surface area (Å²) in [5.74, 6) is 0. The van der Waals surface area contributed by atoms with Crippen molar-refractivity contribution in [2.75, 3.05) is 6.61 Å². The van der Waals surface area contributed by atoms with Gasteiger partial charge in [0.15, 0.2) is 0 Å². The van der Waals surface area contributed by atoms with Crippen molar-refractivity contribution in [2.45, 2.75) is 83.7 Å². The quantitative estimate of drug-likeness (QED) is 0.758. The highest BCUT2D eigenvalue weighted by Crippen LogP contribution is 2.35. The van der Waals surface area contributed by atoms with Crippen LogP contribution >= 0.6 is 0 Å². The molecule has 0 aromatic carbocycles. The molecule has 0 radical (unpaired) electrons. The smallest absolute Gasteiger partial charge is 0.0852 e. The average Bonchev–Trinajstić information content (AvgIpc) is 3.07. The SMILES string of the molecule is CCCC(C)(C)C(O)C1CCC(C=CC2CCCO2)O1. The van der Waals surface area contributed by atoms with Crippen molar-refractivity contribution in [2.24, 2.45) is 5.41 Å². The van der Waals surface area contributed by atoms with Crippen molar-refractivity contribution in [1.82, 2.24) is 0 Å². The summed E-state index contributed by atoms with van der Waals surface area (Å²) < 4.78 is 11.6. The van der Waals surface area contributed by atoms with Crippen molar-refractivity contribution in [3.63, 3.8) is 0 Å². The molecule has 0 amide bonds. The van der Waals surface area contributed by atoms with Gasteiger partial charge >= 0.3 is 0 Å². The van der Waals surface area contributed by atoms with Gasteiger partial charge in [0.2, 0.25) is 0 Å². The van der Waals surface area contributed by atoms with Gasteiger partial charge < -0.3 is 14.6 Å². The number of hydrogen-bond donors (Lipinski definition) is 1. The fourth-order valence-corrected chi connectivity index (χ4v) is 3.36. The molecule has 116 valence electrons. The molecular formula is C17H30O3. The minimum atomic E-state index is -0.372. The maximum absolute atomic E-state index is 10.5. The van der Waals surface area contributed by atoms with E-state index in [4.69, 9.17) is 9.47 Å². The van der Waals surface area contributed by atoms with E-state index < -0.39 is 0 Å². The number of aliphatic hydroxyl groups is 1. The molecular weight excluding hydrogens is 252 g/mol. The van der Waals surface area contributed by atoms with Crippen LogP contribution < -0.4 is 0 Å². The predicted molar refractivity (Wildman–Crippen MR) is 80.7 cm³/mol. The van der Waals surface area contributed by atoms with Crippen LogP contribution in [-0.2, 0) is 9.47 Å². The molecule has 3 heteroatoms. The summed E-state index contributed by atoms with van der Waals surface area (Å²) in [5.41, 5.74) is -0.0629. The van der Waals surface area contributed by atoms with Gasteiger partial charge in [0, 0.05) is 6.61 Å². The van der Waals surface area contributed by atoms with E-state index in [9.17, 15) is 5.11 Å². The van der Waals surface area contributed by atoms with Gasteiger partial charge in [-0.3, -0.25) is 0 Å². The molecule has 2 aliphatic rings. The third-order valence-electron chi connectivity index (χ3n) is 4.64. The molecule has 1 N–H and O–H groups in total. The van der Waals surface area contributed by atoms with Crippen LogP contribution in [0.25, 0.3) is 0 Å². The van der Waals surface area contributed by atoms with Crippen LogP contribution in [0.15, 0.2) is 12.2 Å². The minimum absolute atomic E-state index is 0.0179. The third-order valence-corrected chi connectivity index (χ3v) is 4.64. The Hall–Kier alpha value is -0.380. The lowest BCUT2D eigenvalue weighted by Crippen LogP contribution is -2.39. The summed E-state index contributed by atoms with van der Waals surface area (Å²) in [7, 11) is 0. The Morgan fingerprint density at radius 1 is 1.20 bits per heavy atom. The number of aliphatic hydroxyl groups excluding tert-OH is 1. The molecule has 0 saturated carbocycles. The normalized spacial score (nSPS) is 33.1. The molecule has 0 spiro atoms. The Morgan fingerprint density at radius 2 is 1.95 bits per heavy atom. The van der Waals surface area contributed by atoms with E-state index in [-0.39, 0.29) is 29.8 Å². The summed E-state index contributed by atoms with van der Waals surface area (Å²) in [4.78, 5) is 0. The molecule has 2 rings (SSSR count). The number of ether oxygens (including phenoxy) is 2. The van der Waals surface area contributed by atoms with E-state index in [1.165, 1.54) is 0 Å². The first-order valence-electron chi connectivity index (χ1n) is 8.16. The standard InChI is InChI=1S/C17H30O3/c1-4-11-17(2,3)16(18)15-10-9-14(20-15)8-7-13-6-5-12-19-13/h7-8,13-16,18H,4-6,9-12H2,1-3H3. The zero-order chi connectivity index (χ0) is 14.6. The molecule has 0 bridgehead atoms. The van der Waals surface area contributed by atoms with Crippen LogP contribution in [0.3, 0.4) is 0 Å². The van der Waals surface area contributed by atoms with Crippen LogP contribution in [0.2, 0.25) is 0 Å². The van der Waals surface area contributed by atoms with Gasteiger partial charge in [-0.1, -0.05) is 39.3 Å². The Labute approximate surface area is 123 Å². The fraction of sp³-hybridized carbons (Fsp3) is 0.882. The Balaban J connectivity index is 1.82. The third kappa shape index (κ3) is 4.06. The Bertz CT molecular complexity index is 318. The zero-order valence-electron chi connectivity index (χ0n) is 13.2. The summed E-state index contributed by atoms with van der Waals surface area (Å²) in [6, 6.07) is 0. The van der Waals surface area contributed by atoms with Crippen molar-refractivity contribution in [1.29, 1.82) is 0 Å². The van der Waals surface area contributed by atoms with Crippen molar-refractivity contribution < 1.29 is 14.6 Å². The van der Waals surface area contributed by atoms with Crippen LogP contribution in [0.1, 0.15) is 59.3 Å². The average molecular weight is 282 g/mol. The predicted octanol–water partition coefficient (Wildman–Crippen LogP) is 3.46. The molecule has 0 aliphatic carbocycles. The Kier molecular flexibility index (Phi) is 5.65. The second kappa shape index (κ2) is 7.06. The lowest BCUT2D eigenvalue weighted by molar-refractivity contribution is -0.0763. The van der Waals surface area contributed by atoms with E-state index in [1.807, 2.05) is 0 Å². The molecule has 20 heavy (non-hydrogen) atoms. The lowest BCUT2D eigenvalue weighted by Gasteiger charge is -2.34. The van der Waals surface area contributed by atoms with E-state index in [0.29, 0.717) is 0 Å². The van der Waals surface area contributed by atoms with E-state index in [2.05, 4.69) is 32.9 Å². The Morgan fingerprint density at radius 3 is 2.60 bits per heavy atom. The minimum Gasteiger partial charge on any atom is -0.390 e. The van der Waals surface area contributed by atoms with Crippen LogP contribution in [0.4, 0.5) is 0 Å². The fourth-order valence-electron chi connectivity index (χ4n) is 3.36. The molecule has 0 aromatic rings. The second-order valence-electron chi connectivity index (χ2n) is 6.91. The van der Waals surface area contributed by atoms with E-state index in [0.717, 1.165) is 45.1 Å². The molecule has 2 saturated heterocycles. The highest BCUT2D eigenvalue weighted by Gasteiger charge is 2.38. The molecule has 4 unspecified atom stereocenters. The van der Waals surface area contributed by atoms with Crippen molar-refractivity contribution in [3.8, 4) is 0 Å². The first-order chi connectivity index (χ1) is 9.53. The zero-order valence-corrected chi connectivity index (χ0v) is 13.2. The summed E-state index contributed by atoms with van der Waals surface area (Å²) in [5, 5.41) is 10.5. The largest absolute Gasteiger partial charge is 0.390 e. The first-order valence-corrected chi connectivity index (χ1v) is 8.16. The summed E-state index contributed by atoms with van der Waals surface area (Å²) in [6.45, 7) is 7.32. The van der Waals surface area contributed by atoms with Crippen LogP contribution in [0, 0.1) is 5.41 Å². The monoisotopic (exact) mass is 282 g/mol. The van der Waals surface area contributed by atoms with Gasteiger partial charge in [0.05, 0.1) is 24.4 Å². The van der Waals surface area contributed by atoms with Gasteiger partial charge in [-0.2, -0.15) is 0 Å². The van der Waals surface area contributed by atoms with Crippen molar-refractivity contribution >= 4 is 0 Å². The number of rotatable bonds is 6. The van der Waals surface area contributed by atoms with Crippen molar-refractivity contribution in [3.05, 3.63) is 12.2 Å².